The second-order valence-electron chi connectivity index (χ2n) is 4.09. The van der Waals surface area contributed by atoms with E-state index < -0.39 is 5.60 Å². The third-order valence-electron chi connectivity index (χ3n) is 1.57. The number of carbonyl (C=O) groups excluding carboxylic acids is 2. The second-order valence-corrected chi connectivity index (χ2v) is 4.09. The zero-order valence-corrected chi connectivity index (χ0v) is 8.79. The maximum Gasteiger partial charge on any atom is 0.307 e. The van der Waals surface area contributed by atoms with Gasteiger partial charge in [-0.3, -0.25) is 4.79 Å². The van der Waals surface area contributed by atoms with Crippen molar-refractivity contribution in [2.45, 2.75) is 46.1 Å². The first-order valence-electron chi connectivity index (χ1n) is 4.56. The van der Waals surface area contributed by atoms with Gasteiger partial charge in [0.25, 0.3) is 0 Å². The standard InChI is InChI=1S/C10H18O3/c1-5-8(7-11)6-9(12)13-10(2,3)4/h7-8H,5-6H2,1-4H3/t8-/m1/s1. The number of aldehydes is 1. The van der Waals surface area contributed by atoms with Gasteiger partial charge in [-0.2, -0.15) is 0 Å². The van der Waals surface area contributed by atoms with Gasteiger partial charge in [0.2, 0.25) is 0 Å². The number of ether oxygens (including phenoxy) is 1. The molecule has 0 N–H and O–H groups in total. The highest BCUT2D eigenvalue weighted by Crippen LogP contribution is 2.12. The van der Waals surface area contributed by atoms with E-state index in [-0.39, 0.29) is 18.3 Å². The summed E-state index contributed by atoms with van der Waals surface area (Å²) in [6.45, 7) is 7.32. The first-order chi connectivity index (χ1) is 5.89. The largest absolute Gasteiger partial charge is 0.460 e. The molecule has 0 fully saturated rings. The van der Waals surface area contributed by atoms with Gasteiger partial charge in [0.1, 0.15) is 11.9 Å². The first kappa shape index (κ1) is 12.1. The van der Waals surface area contributed by atoms with Gasteiger partial charge >= 0.3 is 5.97 Å². The molecule has 0 amide bonds. The molecule has 0 aliphatic carbocycles. The molecule has 0 spiro atoms. The fourth-order valence-electron chi connectivity index (χ4n) is 0.886. The summed E-state index contributed by atoms with van der Waals surface area (Å²) in [6.07, 6.45) is 1.68. The molecule has 0 rings (SSSR count). The van der Waals surface area contributed by atoms with Crippen LogP contribution < -0.4 is 0 Å². The Morgan fingerprint density at radius 1 is 1.46 bits per heavy atom. The van der Waals surface area contributed by atoms with Gasteiger partial charge in [-0.05, 0) is 27.2 Å². The molecule has 0 bridgehead atoms. The van der Waals surface area contributed by atoms with Crippen LogP contribution in [0.25, 0.3) is 0 Å². The van der Waals surface area contributed by atoms with E-state index in [1.165, 1.54) is 0 Å². The maximum atomic E-state index is 11.2. The van der Waals surface area contributed by atoms with Crippen molar-refractivity contribution < 1.29 is 14.3 Å². The highest BCUT2D eigenvalue weighted by molar-refractivity contribution is 5.74. The molecule has 0 unspecified atom stereocenters. The minimum absolute atomic E-state index is 0.192. The summed E-state index contributed by atoms with van der Waals surface area (Å²) in [5.41, 5.74) is -0.460. The zero-order chi connectivity index (χ0) is 10.5. The average molecular weight is 186 g/mol. The van der Waals surface area contributed by atoms with Gasteiger partial charge in [-0.25, -0.2) is 0 Å². The normalized spacial score (nSPS) is 13.5. The maximum absolute atomic E-state index is 11.2. The van der Waals surface area contributed by atoms with Crippen LogP contribution >= 0.6 is 0 Å². The Morgan fingerprint density at radius 3 is 2.31 bits per heavy atom. The Kier molecular flexibility index (Phi) is 4.67. The summed E-state index contributed by atoms with van der Waals surface area (Å²) in [6, 6.07) is 0. The van der Waals surface area contributed by atoms with Crippen LogP contribution in [0.2, 0.25) is 0 Å². The van der Waals surface area contributed by atoms with Crippen LogP contribution in [0.3, 0.4) is 0 Å². The van der Waals surface area contributed by atoms with E-state index in [0.29, 0.717) is 6.42 Å². The molecule has 1 atom stereocenters. The van der Waals surface area contributed by atoms with Crippen molar-refractivity contribution in [1.29, 1.82) is 0 Å². The van der Waals surface area contributed by atoms with Crippen molar-refractivity contribution in [3.63, 3.8) is 0 Å². The third kappa shape index (κ3) is 6.31. The van der Waals surface area contributed by atoms with E-state index >= 15 is 0 Å². The van der Waals surface area contributed by atoms with Crippen molar-refractivity contribution in [3.8, 4) is 0 Å². The fraction of sp³-hybridized carbons (Fsp3) is 0.800. The van der Waals surface area contributed by atoms with Crippen LogP contribution in [0.15, 0.2) is 0 Å². The van der Waals surface area contributed by atoms with Gasteiger partial charge in [0.15, 0.2) is 0 Å². The number of carbonyl (C=O) groups is 2. The second kappa shape index (κ2) is 5.00. The molecule has 0 radical (unpaired) electrons. The van der Waals surface area contributed by atoms with Gasteiger partial charge in [-0.1, -0.05) is 6.92 Å². The summed E-state index contributed by atoms with van der Waals surface area (Å²) in [7, 11) is 0. The van der Waals surface area contributed by atoms with Crippen LogP contribution in [0, 0.1) is 5.92 Å². The van der Waals surface area contributed by atoms with Crippen LogP contribution in [0.4, 0.5) is 0 Å². The molecular formula is C10H18O3. The highest BCUT2D eigenvalue weighted by Gasteiger charge is 2.18. The van der Waals surface area contributed by atoms with E-state index in [1.807, 2.05) is 27.7 Å². The lowest BCUT2D eigenvalue weighted by atomic mass is 10.0. The number of hydrogen-bond acceptors (Lipinski definition) is 3. The molecule has 76 valence electrons. The lowest BCUT2D eigenvalue weighted by Crippen LogP contribution is -2.25. The molecule has 0 heterocycles. The van der Waals surface area contributed by atoms with E-state index in [1.54, 1.807) is 0 Å². The topological polar surface area (TPSA) is 43.4 Å². The summed E-state index contributed by atoms with van der Waals surface area (Å²) in [5, 5.41) is 0. The number of hydrogen-bond donors (Lipinski definition) is 0. The lowest BCUT2D eigenvalue weighted by Gasteiger charge is -2.20. The van der Waals surface area contributed by atoms with Crippen LogP contribution in [0.5, 0.6) is 0 Å². The SMILES string of the molecule is CC[C@@H](C=O)CC(=O)OC(C)(C)C. The lowest BCUT2D eigenvalue weighted by molar-refractivity contribution is -0.156. The fourth-order valence-corrected chi connectivity index (χ4v) is 0.886. The van der Waals surface area contributed by atoms with Crippen LogP contribution in [-0.2, 0) is 14.3 Å². The zero-order valence-electron chi connectivity index (χ0n) is 8.79. The van der Waals surface area contributed by atoms with Crippen molar-refractivity contribution in [3.05, 3.63) is 0 Å². The molecule has 0 aromatic carbocycles. The highest BCUT2D eigenvalue weighted by atomic mass is 16.6. The smallest absolute Gasteiger partial charge is 0.307 e. The van der Waals surface area contributed by atoms with Gasteiger partial charge in [0.05, 0.1) is 6.42 Å². The third-order valence-corrected chi connectivity index (χ3v) is 1.57. The molecular weight excluding hydrogens is 168 g/mol. The van der Waals surface area contributed by atoms with Crippen molar-refractivity contribution in [1.82, 2.24) is 0 Å². The van der Waals surface area contributed by atoms with E-state index in [0.717, 1.165) is 6.29 Å². The monoisotopic (exact) mass is 186 g/mol. The van der Waals surface area contributed by atoms with Crippen molar-refractivity contribution in [2.24, 2.45) is 5.92 Å². The van der Waals surface area contributed by atoms with Gasteiger partial charge < -0.3 is 9.53 Å². The molecule has 0 aromatic rings. The Hall–Kier alpha value is -0.860. The quantitative estimate of drug-likeness (QED) is 0.498. The molecule has 0 aliphatic heterocycles. The number of esters is 1. The minimum atomic E-state index is -0.460. The first-order valence-corrected chi connectivity index (χ1v) is 4.56. The summed E-state index contributed by atoms with van der Waals surface area (Å²) in [5.74, 6) is -0.499. The minimum Gasteiger partial charge on any atom is -0.460 e. The van der Waals surface area contributed by atoms with Crippen molar-refractivity contribution in [2.75, 3.05) is 0 Å². The van der Waals surface area contributed by atoms with Gasteiger partial charge in [-0.15, -0.1) is 0 Å². The molecule has 0 aromatic heterocycles. The van der Waals surface area contributed by atoms with Crippen molar-refractivity contribution >= 4 is 12.3 Å². The number of rotatable bonds is 4. The Balaban J connectivity index is 3.93. The van der Waals surface area contributed by atoms with E-state index in [4.69, 9.17) is 4.74 Å². The summed E-state index contributed by atoms with van der Waals surface area (Å²) < 4.78 is 5.07. The predicted octanol–water partition coefficient (Wildman–Crippen LogP) is 1.94. The molecule has 0 saturated heterocycles. The summed E-state index contributed by atoms with van der Waals surface area (Å²) in [4.78, 5) is 21.6. The molecule has 13 heavy (non-hydrogen) atoms. The molecule has 0 saturated carbocycles. The Morgan fingerprint density at radius 2 is 2.00 bits per heavy atom. The summed E-state index contributed by atoms with van der Waals surface area (Å²) >= 11 is 0. The predicted molar refractivity (Wildman–Crippen MR) is 50.3 cm³/mol. The van der Waals surface area contributed by atoms with E-state index in [9.17, 15) is 9.59 Å². The van der Waals surface area contributed by atoms with Crippen LogP contribution in [-0.4, -0.2) is 17.9 Å². The molecule has 0 aliphatic rings. The Bertz CT molecular complexity index is 179. The average Bonchev–Trinajstić information content (AvgIpc) is 1.96. The van der Waals surface area contributed by atoms with Crippen LogP contribution in [0.1, 0.15) is 40.5 Å². The van der Waals surface area contributed by atoms with E-state index in [2.05, 4.69) is 0 Å². The Labute approximate surface area is 79.5 Å². The van der Waals surface area contributed by atoms with Gasteiger partial charge in [0, 0.05) is 5.92 Å². The molecule has 3 heteroatoms. The molecule has 3 nitrogen and oxygen atoms in total.